The molecule has 1 saturated carbocycles. The summed E-state index contributed by atoms with van der Waals surface area (Å²) < 4.78 is 0. The van der Waals surface area contributed by atoms with E-state index in [0.717, 1.165) is 19.3 Å². The molecule has 1 fully saturated rings. The highest BCUT2D eigenvalue weighted by Crippen LogP contribution is 2.28. The number of amides is 1. The van der Waals surface area contributed by atoms with Gasteiger partial charge in [-0.1, -0.05) is 19.3 Å². The van der Waals surface area contributed by atoms with Gasteiger partial charge in [-0.05, 0) is 19.8 Å². The Balaban J connectivity index is 2.55. The normalized spacial score (nSPS) is 21.7. The number of hydrogen-bond acceptors (Lipinski definition) is 3. The van der Waals surface area contributed by atoms with Crippen molar-refractivity contribution in [2.75, 3.05) is 0 Å². The zero-order valence-corrected chi connectivity index (χ0v) is 8.82. The largest absolute Gasteiger partial charge is 0.480 e. The maximum atomic E-state index is 11.6. The standard InChI is InChI=1S/C10H17NO4/c1-7(8(12)13)11-9(14)10(15)5-3-2-4-6-10/h7,15H,2-6H2,1H3,(H,11,14)(H,12,13)/t7-/m1/s1. The maximum absolute atomic E-state index is 11.6. The molecule has 0 saturated heterocycles. The van der Waals surface area contributed by atoms with Gasteiger partial charge in [0.15, 0.2) is 0 Å². The number of hydrogen-bond donors (Lipinski definition) is 3. The number of nitrogens with one attached hydrogen (secondary N) is 1. The Bertz CT molecular complexity index is 258. The second-order valence-corrected chi connectivity index (χ2v) is 4.13. The van der Waals surface area contributed by atoms with Crippen LogP contribution in [0.2, 0.25) is 0 Å². The highest BCUT2D eigenvalue weighted by molar-refractivity contribution is 5.88. The summed E-state index contributed by atoms with van der Waals surface area (Å²) in [6.45, 7) is 1.38. The van der Waals surface area contributed by atoms with Gasteiger partial charge < -0.3 is 15.5 Å². The van der Waals surface area contributed by atoms with E-state index in [1.54, 1.807) is 0 Å². The van der Waals surface area contributed by atoms with E-state index >= 15 is 0 Å². The number of rotatable bonds is 3. The van der Waals surface area contributed by atoms with Crippen LogP contribution in [0, 0.1) is 0 Å². The average molecular weight is 215 g/mol. The number of carbonyl (C=O) groups is 2. The molecule has 0 unspecified atom stereocenters. The molecule has 5 heteroatoms. The minimum absolute atomic E-state index is 0.422. The smallest absolute Gasteiger partial charge is 0.325 e. The van der Waals surface area contributed by atoms with E-state index < -0.39 is 23.5 Å². The van der Waals surface area contributed by atoms with Crippen LogP contribution < -0.4 is 5.32 Å². The van der Waals surface area contributed by atoms with Gasteiger partial charge in [0.05, 0.1) is 0 Å². The molecule has 15 heavy (non-hydrogen) atoms. The summed E-state index contributed by atoms with van der Waals surface area (Å²) in [6, 6.07) is -0.955. The molecule has 0 aromatic carbocycles. The Kier molecular flexibility index (Phi) is 3.68. The van der Waals surface area contributed by atoms with E-state index in [4.69, 9.17) is 5.11 Å². The lowest BCUT2D eigenvalue weighted by atomic mass is 9.84. The zero-order valence-electron chi connectivity index (χ0n) is 8.82. The number of aliphatic carboxylic acids is 1. The van der Waals surface area contributed by atoms with Gasteiger partial charge in [-0.3, -0.25) is 9.59 Å². The highest BCUT2D eigenvalue weighted by atomic mass is 16.4. The Labute approximate surface area is 88.5 Å². The van der Waals surface area contributed by atoms with Crippen molar-refractivity contribution in [1.82, 2.24) is 5.32 Å². The molecule has 0 spiro atoms. The topological polar surface area (TPSA) is 86.6 Å². The minimum atomic E-state index is -1.36. The molecular weight excluding hydrogens is 198 g/mol. The van der Waals surface area contributed by atoms with Crippen molar-refractivity contribution in [2.45, 2.75) is 50.7 Å². The van der Waals surface area contributed by atoms with E-state index in [9.17, 15) is 14.7 Å². The predicted octanol–water partition coefficient (Wildman–Crippen LogP) is 0.271. The first-order chi connectivity index (χ1) is 6.96. The van der Waals surface area contributed by atoms with Gasteiger partial charge in [-0.25, -0.2) is 0 Å². The SMILES string of the molecule is C[C@@H](NC(=O)C1(O)CCCCC1)C(=O)O. The second kappa shape index (κ2) is 4.61. The molecule has 1 rings (SSSR count). The summed E-state index contributed by atoms with van der Waals surface area (Å²) in [5.74, 6) is -1.65. The van der Waals surface area contributed by atoms with Gasteiger partial charge in [0.25, 0.3) is 5.91 Å². The maximum Gasteiger partial charge on any atom is 0.325 e. The fourth-order valence-electron chi connectivity index (χ4n) is 1.76. The first-order valence-electron chi connectivity index (χ1n) is 5.22. The summed E-state index contributed by atoms with van der Waals surface area (Å²) in [7, 11) is 0. The molecule has 0 radical (unpaired) electrons. The average Bonchev–Trinajstić information content (AvgIpc) is 2.18. The Morgan fingerprint density at radius 2 is 1.80 bits per heavy atom. The van der Waals surface area contributed by atoms with Gasteiger partial charge in [-0.15, -0.1) is 0 Å². The first-order valence-corrected chi connectivity index (χ1v) is 5.22. The molecule has 0 heterocycles. The van der Waals surface area contributed by atoms with Crippen LogP contribution in [0.1, 0.15) is 39.0 Å². The van der Waals surface area contributed by atoms with Crippen LogP contribution in [0.3, 0.4) is 0 Å². The summed E-state index contributed by atoms with van der Waals surface area (Å²) in [5.41, 5.74) is -1.36. The number of carboxylic acids is 1. The lowest BCUT2D eigenvalue weighted by molar-refractivity contribution is -0.149. The van der Waals surface area contributed by atoms with Crippen molar-refractivity contribution in [3.8, 4) is 0 Å². The fraction of sp³-hybridized carbons (Fsp3) is 0.800. The highest BCUT2D eigenvalue weighted by Gasteiger charge is 2.38. The third kappa shape index (κ3) is 2.92. The first kappa shape index (κ1) is 12.0. The molecule has 5 nitrogen and oxygen atoms in total. The van der Waals surface area contributed by atoms with Crippen LogP contribution in [-0.4, -0.2) is 33.7 Å². The summed E-state index contributed by atoms with van der Waals surface area (Å²) >= 11 is 0. The molecule has 1 amide bonds. The van der Waals surface area contributed by atoms with E-state index in [0.29, 0.717) is 12.8 Å². The molecule has 1 aliphatic rings. The molecule has 0 bridgehead atoms. The van der Waals surface area contributed by atoms with Crippen molar-refractivity contribution < 1.29 is 19.8 Å². The third-order valence-corrected chi connectivity index (χ3v) is 2.82. The van der Waals surface area contributed by atoms with Gasteiger partial charge in [-0.2, -0.15) is 0 Å². The van der Waals surface area contributed by atoms with Gasteiger partial charge in [0, 0.05) is 0 Å². The van der Waals surface area contributed by atoms with Crippen molar-refractivity contribution in [2.24, 2.45) is 0 Å². The van der Waals surface area contributed by atoms with E-state index in [2.05, 4.69) is 5.32 Å². The van der Waals surface area contributed by atoms with Crippen LogP contribution >= 0.6 is 0 Å². The second-order valence-electron chi connectivity index (χ2n) is 4.13. The molecule has 0 aromatic heterocycles. The number of carbonyl (C=O) groups excluding carboxylic acids is 1. The van der Waals surface area contributed by atoms with Crippen LogP contribution in [0.5, 0.6) is 0 Å². The summed E-state index contributed by atoms with van der Waals surface area (Å²) in [6.07, 6.45) is 3.48. The van der Waals surface area contributed by atoms with Gasteiger partial charge in [0.2, 0.25) is 0 Å². The molecule has 86 valence electrons. The monoisotopic (exact) mass is 215 g/mol. The lowest BCUT2D eigenvalue weighted by Crippen LogP contribution is -2.52. The predicted molar refractivity (Wildman–Crippen MR) is 53.3 cm³/mol. The van der Waals surface area contributed by atoms with Gasteiger partial charge >= 0.3 is 5.97 Å². The lowest BCUT2D eigenvalue weighted by Gasteiger charge is -2.31. The number of carboxylic acid groups (broad SMARTS) is 1. The Morgan fingerprint density at radius 3 is 2.27 bits per heavy atom. The van der Waals surface area contributed by atoms with E-state index in [1.807, 2.05) is 0 Å². The van der Waals surface area contributed by atoms with Crippen LogP contribution in [0.15, 0.2) is 0 Å². The van der Waals surface area contributed by atoms with E-state index in [1.165, 1.54) is 6.92 Å². The molecular formula is C10H17NO4. The Hall–Kier alpha value is -1.10. The number of aliphatic hydroxyl groups is 1. The molecule has 0 aliphatic heterocycles. The Morgan fingerprint density at radius 1 is 1.27 bits per heavy atom. The molecule has 0 aromatic rings. The molecule has 1 aliphatic carbocycles. The van der Waals surface area contributed by atoms with Crippen molar-refractivity contribution >= 4 is 11.9 Å². The minimum Gasteiger partial charge on any atom is -0.480 e. The summed E-state index contributed by atoms with van der Waals surface area (Å²) in [4.78, 5) is 22.1. The van der Waals surface area contributed by atoms with Crippen molar-refractivity contribution in [3.63, 3.8) is 0 Å². The van der Waals surface area contributed by atoms with Crippen LogP contribution in [0.25, 0.3) is 0 Å². The van der Waals surface area contributed by atoms with Crippen molar-refractivity contribution in [3.05, 3.63) is 0 Å². The molecule has 3 N–H and O–H groups in total. The molecule has 1 atom stereocenters. The fourth-order valence-corrected chi connectivity index (χ4v) is 1.76. The van der Waals surface area contributed by atoms with Gasteiger partial charge in [0.1, 0.15) is 11.6 Å². The van der Waals surface area contributed by atoms with Crippen LogP contribution in [0.4, 0.5) is 0 Å². The van der Waals surface area contributed by atoms with E-state index in [-0.39, 0.29) is 0 Å². The third-order valence-electron chi connectivity index (χ3n) is 2.82. The van der Waals surface area contributed by atoms with Crippen LogP contribution in [-0.2, 0) is 9.59 Å². The quantitative estimate of drug-likeness (QED) is 0.630. The van der Waals surface area contributed by atoms with Crippen molar-refractivity contribution in [1.29, 1.82) is 0 Å². The summed E-state index contributed by atoms with van der Waals surface area (Å²) in [5, 5.41) is 20.9. The zero-order chi connectivity index (χ0) is 11.5.